The van der Waals surface area contributed by atoms with Gasteiger partial charge >= 0.3 is 5.97 Å². The number of esters is 1. The fourth-order valence-corrected chi connectivity index (χ4v) is 2.68. The molecular formula is C12H12O2S. The van der Waals surface area contributed by atoms with Crippen LogP contribution in [0.3, 0.4) is 0 Å². The summed E-state index contributed by atoms with van der Waals surface area (Å²) in [7, 11) is 0. The van der Waals surface area contributed by atoms with Gasteiger partial charge in [0, 0.05) is 15.0 Å². The first-order chi connectivity index (χ1) is 7.24. The van der Waals surface area contributed by atoms with E-state index >= 15 is 0 Å². The smallest absolute Gasteiger partial charge is 0.339 e. The van der Waals surface area contributed by atoms with Crippen molar-refractivity contribution < 1.29 is 9.53 Å². The third-order valence-corrected chi connectivity index (χ3v) is 3.34. The molecule has 0 amide bonds. The van der Waals surface area contributed by atoms with Gasteiger partial charge in [-0.05, 0) is 19.9 Å². The van der Waals surface area contributed by atoms with Crippen molar-refractivity contribution in [3.63, 3.8) is 0 Å². The first kappa shape index (κ1) is 10.2. The molecule has 0 saturated carbocycles. The maximum Gasteiger partial charge on any atom is 0.339 e. The lowest BCUT2D eigenvalue weighted by Crippen LogP contribution is -2.04. The van der Waals surface area contributed by atoms with E-state index in [-0.39, 0.29) is 5.97 Å². The van der Waals surface area contributed by atoms with Crippen LogP contribution in [-0.4, -0.2) is 12.6 Å². The van der Waals surface area contributed by atoms with Crippen molar-refractivity contribution in [2.75, 3.05) is 6.61 Å². The number of carbonyl (C=O) groups is 1. The van der Waals surface area contributed by atoms with Crippen LogP contribution in [0.15, 0.2) is 24.3 Å². The van der Waals surface area contributed by atoms with Crippen molar-refractivity contribution in [2.24, 2.45) is 0 Å². The molecule has 0 aliphatic rings. The van der Waals surface area contributed by atoms with Gasteiger partial charge in [0.2, 0.25) is 0 Å². The quantitative estimate of drug-likeness (QED) is 0.725. The summed E-state index contributed by atoms with van der Waals surface area (Å²) in [5.74, 6) is -0.215. The van der Waals surface area contributed by atoms with E-state index in [2.05, 4.69) is 0 Å². The third-order valence-electron chi connectivity index (χ3n) is 2.25. The lowest BCUT2D eigenvalue weighted by molar-refractivity contribution is 0.0528. The summed E-state index contributed by atoms with van der Waals surface area (Å²) in [6.45, 7) is 4.20. The summed E-state index contributed by atoms with van der Waals surface area (Å²) < 4.78 is 6.18. The van der Waals surface area contributed by atoms with E-state index in [4.69, 9.17) is 4.74 Å². The zero-order chi connectivity index (χ0) is 10.8. The monoisotopic (exact) mass is 220 g/mol. The maximum atomic E-state index is 11.7. The van der Waals surface area contributed by atoms with Crippen molar-refractivity contribution in [3.8, 4) is 0 Å². The molecule has 0 aliphatic heterocycles. The molecule has 2 nitrogen and oxygen atoms in total. The first-order valence-electron chi connectivity index (χ1n) is 4.89. The van der Waals surface area contributed by atoms with Crippen LogP contribution in [0, 0.1) is 6.92 Å². The molecule has 0 N–H and O–H groups in total. The summed E-state index contributed by atoms with van der Waals surface area (Å²) in [4.78, 5) is 12.7. The zero-order valence-electron chi connectivity index (χ0n) is 8.74. The number of carbonyl (C=O) groups excluding carboxylic acids is 1. The van der Waals surface area contributed by atoms with E-state index in [1.54, 1.807) is 11.3 Å². The van der Waals surface area contributed by atoms with Crippen molar-refractivity contribution >= 4 is 27.4 Å². The summed E-state index contributed by atoms with van der Waals surface area (Å²) in [6.07, 6.45) is 0. The van der Waals surface area contributed by atoms with Crippen molar-refractivity contribution in [2.45, 2.75) is 13.8 Å². The summed E-state index contributed by atoms with van der Waals surface area (Å²) >= 11 is 1.63. The van der Waals surface area contributed by atoms with Crippen LogP contribution in [0.25, 0.3) is 10.1 Å². The van der Waals surface area contributed by atoms with Gasteiger partial charge in [0.05, 0.1) is 12.2 Å². The number of fused-ring (bicyclic) bond motifs is 1. The van der Waals surface area contributed by atoms with Crippen LogP contribution in [0.4, 0.5) is 0 Å². The fraction of sp³-hybridized carbons (Fsp3) is 0.250. The molecule has 0 radical (unpaired) electrons. The van der Waals surface area contributed by atoms with Crippen LogP contribution in [0.5, 0.6) is 0 Å². The lowest BCUT2D eigenvalue weighted by Gasteiger charge is -2.01. The van der Waals surface area contributed by atoms with Gasteiger partial charge in [0.25, 0.3) is 0 Å². The number of benzene rings is 1. The van der Waals surface area contributed by atoms with Crippen molar-refractivity contribution in [1.29, 1.82) is 0 Å². The van der Waals surface area contributed by atoms with Gasteiger partial charge < -0.3 is 4.74 Å². The zero-order valence-corrected chi connectivity index (χ0v) is 9.56. The minimum absolute atomic E-state index is 0.215. The van der Waals surface area contributed by atoms with Crippen LogP contribution in [0.2, 0.25) is 0 Å². The van der Waals surface area contributed by atoms with E-state index < -0.39 is 0 Å². The molecule has 15 heavy (non-hydrogen) atoms. The first-order valence-corrected chi connectivity index (χ1v) is 5.71. The van der Waals surface area contributed by atoms with E-state index in [9.17, 15) is 4.79 Å². The molecule has 1 aromatic carbocycles. The number of ether oxygens (including phenoxy) is 1. The highest BCUT2D eigenvalue weighted by Crippen LogP contribution is 2.30. The van der Waals surface area contributed by atoms with E-state index in [0.717, 1.165) is 20.5 Å². The Morgan fingerprint density at radius 2 is 2.13 bits per heavy atom. The Labute approximate surface area is 92.5 Å². The molecule has 3 heteroatoms. The Kier molecular flexibility index (Phi) is 2.73. The Hall–Kier alpha value is -1.35. The van der Waals surface area contributed by atoms with Gasteiger partial charge in [-0.3, -0.25) is 0 Å². The minimum atomic E-state index is -0.215. The van der Waals surface area contributed by atoms with Gasteiger partial charge in [0.15, 0.2) is 0 Å². The maximum absolute atomic E-state index is 11.7. The Bertz CT molecular complexity index is 499. The van der Waals surface area contributed by atoms with Gasteiger partial charge in [0.1, 0.15) is 0 Å². The van der Waals surface area contributed by atoms with E-state index in [1.165, 1.54) is 0 Å². The lowest BCUT2D eigenvalue weighted by atomic mass is 10.1. The molecule has 1 heterocycles. The molecule has 0 aliphatic carbocycles. The number of thiophene rings is 1. The number of hydrogen-bond donors (Lipinski definition) is 0. The molecule has 78 valence electrons. The summed E-state index contributed by atoms with van der Waals surface area (Å²) in [5.41, 5.74) is 0.720. The van der Waals surface area contributed by atoms with E-state index in [0.29, 0.717) is 6.61 Å². The predicted octanol–water partition coefficient (Wildman–Crippen LogP) is 3.39. The average molecular weight is 220 g/mol. The largest absolute Gasteiger partial charge is 0.462 e. The number of aryl methyl sites for hydroxylation is 1. The second kappa shape index (κ2) is 4.03. The molecule has 0 saturated heterocycles. The molecule has 2 aromatic rings. The highest BCUT2D eigenvalue weighted by atomic mass is 32.1. The topological polar surface area (TPSA) is 26.3 Å². The SMILES string of the molecule is CCOC(=O)c1c(C)sc2ccccc12. The molecular weight excluding hydrogens is 208 g/mol. The Morgan fingerprint density at radius 1 is 1.40 bits per heavy atom. The second-order valence-corrected chi connectivity index (χ2v) is 4.51. The normalized spacial score (nSPS) is 10.5. The molecule has 0 unspecified atom stereocenters. The third kappa shape index (κ3) is 1.75. The summed E-state index contributed by atoms with van der Waals surface area (Å²) in [5, 5.41) is 0.999. The molecule has 0 fully saturated rings. The molecule has 2 rings (SSSR count). The van der Waals surface area contributed by atoms with Gasteiger partial charge in [-0.1, -0.05) is 18.2 Å². The van der Waals surface area contributed by atoms with Gasteiger partial charge in [-0.25, -0.2) is 4.79 Å². The second-order valence-electron chi connectivity index (χ2n) is 3.25. The average Bonchev–Trinajstić information content (AvgIpc) is 2.54. The van der Waals surface area contributed by atoms with Gasteiger partial charge in [-0.15, -0.1) is 11.3 Å². The van der Waals surface area contributed by atoms with Crippen LogP contribution >= 0.6 is 11.3 Å². The Morgan fingerprint density at radius 3 is 2.87 bits per heavy atom. The highest BCUT2D eigenvalue weighted by Gasteiger charge is 2.16. The highest BCUT2D eigenvalue weighted by molar-refractivity contribution is 7.19. The molecule has 1 aromatic heterocycles. The minimum Gasteiger partial charge on any atom is -0.462 e. The fourth-order valence-electron chi connectivity index (χ4n) is 1.62. The van der Waals surface area contributed by atoms with Crippen LogP contribution in [0.1, 0.15) is 22.2 Å². The number of rotatable bonds is 2. The van der Waals surface area contributed by atoms with Gasteiger partial charge in [-0.2, -0.15) is 0 Å². The van der Waals surface area contributed by atoms with Crippen LogP contribution < -0.4 is 0 Å². The van der Waals surface area contributed by atoms with Crippen LogP contribution in [-0.2, 0) is 4.74 Å². The van der Waals surface area contributed by atoms with Crippen molar-refractivity contribution in [3.05, 3.63) is 34.7 Å². The van der Waals surface area contributed by atoms with E-state index in [1.807, 2.05) is 38.1 Å². The number of hydrogen-bond acceptors (Lipinski definition) is 3. The standard InChI is InChI=1S/C12H12O2S/c1-3-14-12(13)11-8(2)15-10-7-5-4-6-9(10)11/h4-7H,3H2,1-2H3. The predicted molar refractivity (Wildman–Crippen MR) is 62.5 cm³/mol. The summed E-state index contributed by atoms with van der Waals surface area (Å²) in [6, 6.07) is 7.91. The molecule has 0 bridgehead atoms. The van der Waals surface area contributed by atoms with Crippen molar-refractivity contribution in [1.82, 2.24) is 0 Å². The Balaban J connectivity index is 2.58. The molecule has 0 spiro atoms. The molecule has 0 atom stereocenters.